The van der Waals surface area contributed by atoms with Crippen molar-refractivity contribution in [3.05, 3.63) is 46.8 Å². The second-order valence-corrected chi connectivity index (χ2v) is 6.21. The molecule has 7 nitrogen and oxygen atoms in total. The maximum atomic E-state index is 12.6. The number of hydrogen-bond donors (Lipinski definition) is 1. The summed E-state index contributed by atoms with van der Waals surface area (Å²) < 4.78 is 16.1. The Morgan fingerprint density at radius 2 is 2.00 bits per heavy atom. The highest BCUT2D eigenvalue weighted by Crippen LogP contribution is 2.17. The van der Waals surface area contributed by atoms with Crippen LogP contribution in [0.3, 0.4) is 0 Å². The zero-order valence-electron chi connectivity index (χ0n) is 15.3. The van der Waals surface area contributed by atoms with Gasteiger partial charge in [-0.1, -0.05) is 17.3 Å². The van der Waals surface area contributed by atoms with Gasteiger partial charge in [0.15, 0.2) is 5.69 Å². The van der Waals surface area contributed by atoms with Gasteiger partial charge in [0.05, 0.1) is 19.8 Å². The van der Waals surface area contributed by atoms with E-state index in [-0.39, 0.29) is 5.91 Å². The molecule has 0 spiro atoms. The fraction of sp³-hybridized carbons (Fsp3) is 0.474. The SMILES string of the molecule is CCOc1ccc(CNC(=O)c2noc(C)c2CN2CCOCC2)cc1. The standard InChI is InChI=1S/C19H25N3O4/c1-3-25-16-6-4-15(5-7-16)12-20-19(23)18-17(14(2)26-21-18)13-22-8-10-24-11-9-22/h4-7H,3,8-13H2,1-2H3,(H,20,23). The van der Waals surface area contributed by atoms with E-state index < -0.39 is 0 Å². The van der Waals surface area contributed by atoms with Gasteiger partial charge in [0.25, 0.3) is 5.91 Å². The Morgan fingerprint density at radius 3 is 2.69 bits per heavy atom. The Hall–Kier alpha value is -2.38. The summed E-state index contributed by atoms with van der Waals surface area (Å²) in [6.07, 6.45) is 0. The molecule has 1 fully saturated rings. The van der Waals surface area contributed by atoms with E-state index in [1.165, 1.54) is 0 Å². The number of morpholine rings is 1. The molecular formula is C19H25N3O4. The maximum absolute atomic E-state index is 12.6. The fourth-order valence-electron chi connectivity index (χ4n) is 2.87. The van der Waals surface area contributed by atoms with Crippen molar-refractivity contribution in [2.24, 2.45) is 0 Å². The van der Waals surface area contributed by atoms with Gasteiger partial charge < -0.3 is 19.3 Å². The van der Waals surface area contributed by atoms with Crippen molar-refractivity contribution in [1.29, 1.82) is 0 Å². The van der Waals surface area contributed by atoms with Crippen molar-refractivity contribution in [2.75, 3.05) is 32.9 Å². The highest BCUT2D eigenvalue weighted by molar-refractivity contribution is 5.93. The molecule has 1 N–H and O–H groups in total. The lowest BCUT2D eigenvalue weighted by Gasteiger charge is -2.26. The summed E-state index contributed by atoms with van der Waals surface area (Å²) in [5.41, 5.74) is 2.20. The molecule has 0 saturated carbocycles. The zero-order chi connectivity index (χ0) is 18.4. The van der Waals surface area contributed by atoms with Crippen molar-refractivity contribution >= 4 is 5.91 Å². The molecule has 1 aromatic carbocycles. The first kappa shape index (κ1) is 18.4. The predicted octanol–water partition coefficient (Wildman–Crippen LogP) is 2.14. The molecule has 1 aromatic heterocycles. The van der Waals surface area contributed by atoms with Crippen molar-refractivity contribution < 1.29 is 18.8 Å². The third kappa shape index (κ3) is 4.62. The summed E-state index contributed by atoms with van der Waals surface area (Å²) in [6, 6.07) is 7.67. The molecule has 1 aliphatic rings. The van der Waals surface area contributed by atoms with Crippen LogP contribution in [0.25, 0.3) is 0 Å². The average molecular weight is 359 g/mol. The van der Waals surface area contributed by atoms with E-state index in [1.807, 2.05) is 38.1 Å². The summed E-state index contributed by atoms with van der Waals surface area (Å²) in [5.74, 6) is 1.28. The lowest BCUT2D eigenvalue weighted by atomic mass is 10.1. The summed E-state index contributed by atoms with van der Waals surface area (Å²) in [7, 11) is 0. The van der Waals surface area contributed by atoms with Gasteiger partial charge in [-0.05, 0) is 31.5 Å². The van der Waals surface area contributed by atoms with Crippen LogP contribution in [-0.2, 0) is 17.8 Å². The third-order valence-electron chi connectivity index (χ3n) is 4.37. The average Bonchev–Trinajstić information content (AvgIpc) is 3.03. The molecular weight excluding hydrogens is 334 g/mol. The molecule has 3 rings (SSSR count). The van der Waals surface area contributed by atoms with Gasteiger partial charge in [-0.2, -0.15) is 0 Å². The van der Waals surface area contributed by atoms with E-state index in [1.54, 1.807) is 0 Å². The van der Waals surface area contributed by atoms with E-state index in [2.05, 4.69) is 15.4 Å². The number of nitrogens with one attached hydrogen (secondary N) is 1. The molecule has 140 valence electrons. The summed E-state index contributed by atoms with van der Waals surface area (Å²) in [5, 5.41) is 6.88. The Kier molecular flexibility index (Phi) is 6.25. The van der Waals surface area contributed by atoms with E-state index in [0.29, 0.717) is 44.4 Å². The van der Waals surface area contributed by atoms with Gasteiger partial charge in [0.2, 0.25) is 0 Å². The lowest BCUT2D eigenvalue weighted by Crippen LogP contribution is -2.36. The Bertz CT molecular complexity index is 721. The van der Waals surface area contributed by atoms with Crippen LogP contribution < -0.4 is 10.1 Å². The number of rotatable bonds is 7. The first-order valence-electron chi connectivity index (χ1n) is 8.92. The molecule has 0 atom stereocenters. The number of benzene rings is 1. The number of amides is 1. The number of aromatic nitrogens is 1. The van der Waals surface area contributed by atoms with Crippen molar-refractivity contribution in [3.63, 3.8) is 0 Å². The van der Waals surface area contributed by atoms with E-state index in [9.17, 15) is 4.79 Å². The second-order valence-electron chi connectivity index (χ2n) is 6.21. The number of nitrogens with zero attached hydrogens (tertiary/aromatic N) is 2. The molecule has 2 heterocycles. The van der Waals surface area contributed by atoms with Gasteiger partial charge in [0, 0.05) is 31.7 Å². The third-order valence-corrected chi connectivity index (χ3v) is 4.37. The van der Waals surface area contributed by atoms with E-state index in [4.69, 9.17) is 14.0 Å². The molecule has 0 unspecified atom stereocenters. The molecule has 1 aliphatic heterocycles. The predicted molar refractivity (Wildman–Crippen MR) is 96.1 cm³/mol. The second kappa shape index (κ2) is 8.82. The van der Waals surface area contributed by atoms with Crippen LogP contribution in [0.5, 0.6) is 5.75 Å². The number of carbonyl (C=O) groups is 1. The number of aryl methyl sites for hydroxylation is 1. The summed E-state index contributed by atoms with van der Waals surface area (Å²) in [6.45, 7) is 8.60. The van der Waals surface area contributed by atoms with Crippen LogP contribution in [0.2, 0.25) is 0 Å². The minimum absolute atomic E-state index is 0.223. The van der Waals surface area contributed by atoms with Crippen molar-refractivity contribution in [3.8, 4) is 5.75 Å². The topological polar surface area (TPSA) is 76.8 Å². The molecule has 0 bridgehead atoms. The van der Waals surface area contributed by atoms with Crippen LogP contribution in [0.4, 0.5) is 0 Å². The number of ether oxygens (including phenoxy) is 2. The Morgan fingerprint density at radius 1 is 1.27 bits per heavy atom. The first-order valence-corrected chi connectivity index (χ1v) is 8.92. The zero-order valence-corrected chi connectivity index (χ0v) is 15.3. The number of carbonyl (C=O) groups excluding carboxylic acids is 1. The molecule has 7 heteroatoms. The quantitative estimate of drug-likeness (QED) is 0.816. The highest BCUT2D eigenvalue weighted by Gasteiger charge is 2.22. The van der Waals surface area contributed by atoms with Crippen molar-refractivity contribution in [2.45, 2.75) is 26.9 Å². The summed E-state index contributed by atoms with van der Waals surface area (Å²) >= 11 is 0. The van der Waals surface area contributed by atoms with Crippen LogP contribution in [0.1, 0.15) is 34.3 Å². The minimum Gasteiger partial charge on any atom is -0.494 e. The van der Waals surface area contributed by atoms with Gasteiger partial charge in [0.1, 0.15) is 11.5 Å². The van der Waals surface area contributed by atoms with Crippen LogP contribution in [0, 0.1) is 6.92 Å². The monoisotopic (exact) mass is 359 g/mol. The Balaban J connectivity index is 1.60. The smallest absolute Gasteiger partial charge is 0.274 e. The summed E-state index contributed by atoms with van der Waals surface area (Å²) in [4.78, 5) is 14.8. The number of hydrogen-bond acceptors (Lipinski definition) is 6. The first-order chi connectivity index (χ1) is 12.7. The molecule has 1 amide bonds. The van der Waals surface area contributed by atoms with Crippen LogP contribution in [-0.4, -0.2) is 48.9 Å². The molecule has 2 aromatic rings. The fourth-order valence-corrected chi connectivity index (χ4v) is 2.87. The minimum atomic E-state index is -0.223. The largest absolute Gasteiger partial charge is 0.494 e. The maximum Gasteiger partial charge on any atom is 0.274 e. The molecule has 1 saturated heterocycles. The van der Waals surface area contributed by atoms with Crippen LogP contribution >= 0.6 is 0 Å². The van der Waals surface area contributed by atoms with Gasteiger partial charge in [-0.3, -0.25) is 9.69 Å². The Labute approximate surface area is 153 Å². The van der Waals surface area contributed by atoms with E-state index >= 15 is 0 Å². The molecule has 0 radical (unpaired) electrons. The van der Waals surface area contributed by atoms with Gasteiger partial charge in [-0.25, -0.2) is 0 Å². The normalized spacial score (nSPS) is 15.0. The highest BCUT2D eigenvalue weighted by atomic mass is 16.5. The van der Waals surface area contributed by atoms with Gasteiger partial charge in [-0.15, -0.1) is 0 Å². The molecule has 0 aliphatic carbocycles. The van der Waals surface area contributed by atoms with Gasteiger partial charge >= 0.3 is 0 Å². The van der Waals surface area contributed by atoms with Crippen LogP contribution in [0.15, 0.2) is 28.8 Å². The van der Waals surface area contributed by atoms with Crippen molar-refractivity contribution in [1.82, 2.24) is 15.4 Å². The van der Waals surface area contributed by atoms with E-state index in [0.717, 1.165) is 30.0 Å². The lowest BCUT2D eigenvalue weighted by molar-refractivity contribution is 0.0339. The molecule has 26 heavy (non-hydrogen) atoms.